The molecule has 0 fully saturated rings. The van der Waals surface area contributed by atoms with E-state index in [2.05, 4.69) is 20.1 Å². The van der Waals surface area contributed by atoms with Crippen molar-refractivity contribution in [2.75, 3.05) is 10.1 Å². The van der Waals surface area contributed by atoms with Gasteiger partial charge in [-0.1, -0.05) is 6.07 Å². The predicted octanol–water partition coefficient (Wildman–Crippen LogP) is 0.563. The van der Waals surface area contributed by atoms with Crippen LogP contribution in [0.3, 0.4) is 0 Å². The van der Waals surface area contributed by atoms with Gasteiger partial charge in [-0.05, 0) is 24.3 Å². The van der Waals surface area contributed by atoms with Gasteiger partial charge in [0.2, 0.25) is 0 Å². The number of nitrogens with zero attached hydrogens (tertiary/aromatic N) is 2. The van der Waals surface area contributed by atoms with Crippen LogP contribution in [0.25, 0.3) is 0 Å². The Kier molecular flexibility index (Phi) is 3.40. The quantitative estimate of drug-likeness (QED) is 0.550. The Morgan fingerprint density at radius 1 is 1.06 bits per heavy atom. The zero-order chi connectivity index (χ0) is 13.0. The minimum absolute atomic E-state index is 0.0434. The van der Waals surface area contributed by atoms with Crippen molar-refractivity contribution < 1.29 is 8.42 Å². The molecule has 0 saturated carbocycles. The molecule has 94 valence electrons. The summed E-state index contributed by atoms with van der Waals surface area (Å²) in [6, 6.07) is 7.82. The zero-order valence-corrected chi connectivity index (χ0v) is 10.1. The summed E-state index contributed by atoms with van der Waals surface area (Å²) in [7, 11) is -3.77. The Bertz CT molecular complexity index is 630. The monoisotopic (exact) mass is 265 g/mol. The molecule has 0 aliphatic heterocycles. The molecule has 0 atom stereocenters. The second kappa shape index (κ2) is 4.98. The van der Waals surface area contributed by atoms with Crippen molar-refractivity contribution in [1.29, 1.82) is 0 Å². The van der Waals surface area contributed by atoms with Gasteiger partial charge in [0.05, 0.1) is 0 Å². The van der Waals surface area contributed by atoms with Gasteiger partial charge in [0.15, 0.2) is 5.82 Å². The maximum absolute atomic E-state index is 12.1. The highest BCUT2D eigenvalue weighted by Gasteiger charge is 2.19. The van der Waals surface area contributed by atoms with Crippen LogP contribution >= 0.6 is 0 Å². The topological polar surface area (TPSA) is 110 Å². The second-order valence-corrected chi connectivity index (χ2v) is 4.97. The van der Waals surface area contributed by atoms with Crippen LogP contribution < -0.4 is 16.0 Å². The molecular formula is C10H11N5O2S. The fourth-order valence-electron chi connectivity index (χ4n) is 1.33. The third-order valence-corrected chi connectivity index (χ3v) is 3.49. The number of nitrogen functional groups attached to an aromatic ring is 1. The van der Waals surface area contributed by atoms with Crippen LogP contribution in [0.5, 0.6) is 0 Å². The maximum Gasteiger partial charge on any atom is 0.266 e. The van der Waals surface area contributed by atoms with Gasteiger partial charge in [-0.2, -0.15) is 0 Å². The van der Waals surface area contributed by atoms with Crippen molar-refractivity contribution >= 4 is 21.7 Å². The van der Waals surface area contributed by atoms with Crippen LogP contribution in [-0.2, 0) is 10.0 Å². The zero-order valence-electron chi connectivity index (χ0n) is 9.24. The van der Waals surface area contributed by atoms with Crippen LogP contribution in [0.15, 0.2) is 47.6 Å². The van der Waals surface area contributed by atoms with E-state index in [9.17, 15) is 8.42 Å². The Morgan fingerprint density at radius 3 is 2.50 bits per heavy atom. The van der Waals surface area contributed by atoms with Crippen molar-refractivity contribution in [3.8, 4) is 0 Å². The molecule has 0 aromatic carbocycles. The Labute approximate surface area is 104 Å². The van der Waals surface area contributed by atoms with Gasteiger partial charge in [0.25, 0.3) is 10.0 Å². The van der Waals surface area contributed by atoms with E-state index in [1.165, 1.54) is 24.5 Å². The first-order chi connectivity index (χ1) is 8.63. The smallest absolute Gasteiger partial charge is 0.266 e. The number of pyridine rings is 2. The third kappa shape index (κ3) is 2.55. The summed E-state index contributed by atoms with van der Waals surface area (Å²) in [6.45, 7) is 0. The summed E-state index contributed by atoms with van der Waals surface area (Å²) in [6.07, 6.45) is 2.93. The van der Waals surface area contributed by atoms with E-state index in [0.29, 0.717) is 0 Å². The lowest BCUT2D eigenvalue weighted by Crippen LogP contribution is -2.18. The predicted molar refractivity (Wildman–Crippen MR) is 67.1 cm³/mol. The van der Waals surface area contributed by atoms with Crippen molar-refractivity contribution in [3.63, 3.8) is 0 Å². The number of rotatable bonds is 4. The van der Waals surface area contributed by atoms with Gasteiger partial charge in [-0.25, -0.2) is 24.2 Å². The van der Waals surface area contributed by atoms with E-state index in [1.54, 1.807) is 18.2 Å². The first-order valence-corrected chi connectivity index (χ1v) is 6.47. The highest BCUT2D eigenvalue weighted by Crippen LogP contribution is 2.19. The van der Waals surface area contributed by atoms with E-state index >= 15 is 0 Å². The standard InChI is InChI=1S/C10H11N5O2S/c11-14-10-8(4-3-7-13-10)18(16,17)15-9-5-1-2-6-12-9/h1-7H,11H2,(H,12,15)(H,13,14). The Hall–Kier alpha value is -2.19. The van der Waals surface area contributed by atoms with Crippen molar-refractivity contribution in [1.82, 2.24) is 9.97 Å². The molecule has 18 heavy (non-hydrogen) atoms. The number of anilines is 2. The number of aromatic nitrogens is 2. The maximum atomic E-state index is 12.1. The van der Waals surface area contributed by atoms with Crippen LogP contribution in [0.4, 0.5) is 11.6 Å². The largest absolute Gasteiger partial charge is 0.307 e. The average Bonchev–Trinajstić information content (AvgIpc) is 2.39. The molecule has 0 radical (unpaired) electrons. The van der Waals surface area contributed by atoms with Gasteiger partial charge >= 0.3 is 0 Å². The molecule has 2 aromatic heterocycles. The van der Waals surface area contributed by atoms with Crippen LogP contribution in [0, 0.1) is 0 Å². The van der Waals surface area contributed by atoms with Gasteiger partial charge in [0, 0.05) is 12.4 Å². The fraction of sp³-hybridized carbons (Fsp3) is 0. The summed E-state index contributed by atoms with van der Waals surface area (Å²) in [5.41, 5.74) is 2.24. The molecular weight excluding hydrogens is 254 g/mol. The Morgan fingerprint density at radius 2 is 1.83 bits per heavy atom. The first kappa shape index (κ1) is 12.3. The normalized spacial score (nSPS) is 10.9. The molecule has 0 amide bonds. The Balaban J connectivity index is 2.37. The van der Waals surface area contributed by atoms with Gasteiger partial charge in [-0.3, -0.25) is 4.72 Å². The lowest BCUT2D eigenvalue weighted by atomic mass is 10.5. The van der Waals surface area contributed by atoms with Crippen LogP contribution in [0.2, 0.25) is 0 Å². The number of hydrogen-bond donors (Lipinski definition) is 3. The lowest BCUT2D eigenvalue weighted by Gasteiger charge is -2.09. The number of hydrogen-bond acceptors (Lipinski definition) is 6. The van der Waals surface area contributed by atoms with E-state index < -0.39 is 10.0 Å². The highest BCUT2D eigenvalue weighted by atomic mass is 32.2. The number of sulfonamides is 1. The van der Waals surface area contributed by atoms with Crippen molar-refractivity contribution in [2.45, 2.75) is 4.90 Å². The summed E-state index contributed by atoms with van der Waals surface area (Å²) in [5.74, 6) is 5.52. The lowest BCUT2D eigenvalue weighted by molar-refractivity contribution is 0.601. The number of hydrazine groups is 1. The van der Waals surface area contributed by atoms with Crippen LogP contribution in [-0.4, -0.2) is 18.4 Å². The van der Waals surface area contributed by atoms with Crippen LogP contribution in [0.1, 0.15) is 0 Å². The minimum Gasteiger partial charge on any atom is -0.307 e. The molecule has 7 nitrogen and oxygen atoms in total. The first-order valence-electron chi connectivity index (χ1n) is 4.99. The van der Waals surface area contributed by atoms with E-state index in [1.807, 2.05) is 0 Å². The number of nitrogens with two attached hydrogens (primary N) is 1. The van der Waals surface area contributed by atoms with Crippen molar-refractivity contribution in [3.05, 3.63) is 42.7 Å². The molecule has 8 heteroatoms. The molecule has 2 rings (SSSR count). The average molecular weight is 265 g/mol. The van der Waals surface area contributed by atoms with E-state index in [0.717, 1.165) is 0 Å². The molecule has 0 saturated heterocycles. The van der Waals surface area contributed by atoms with Gasteiger partial charge in [0.1, 0.15) is 10.7 Å². The highest BCUT2D eigenvalue weighted by molar-refractivity contribution is 7.92. The molecule has 2 heterocycles. The molecule has 0 aliphatic rings. The summed E-state index contributed by atoms with van der Waals surface area (Å²) in [4.78, 5) is 7.67. The summed E-state index contributed by atoms with van der Waals surface area (Å²) >= 11 is 0. The molecule has 4 N–H and O–H groups in total. The molecule has 0 aliphatic carbocycles. The van der Waals surface area contributed by atoms with E-state index in [4.69, 9.17) is 5.84 Å². The SMILES string of the molecule is NNc1ncccc1S(=O)(=O)Nc1ccccn1. The molecule has 2 aromatic rings. The molecule has 0 bridgehead atoms. The van der Waals surface area contributed by atoms with Gasteiger partial charge < -0.3 is 5.43 Å². The summed E-state index contributed by atoms with van der Waals surface area (Å²) < 4.78 is 26.5. The van der Waals surface area contributed by atoms with E-state index in [-0.39, 0.29) is 16.5 Å². The molecule has 0 unspecified atom stereocenters. The summed E-state index contributed by atoms with van der Waals surface area (Å²) in [5, 5.41) is 0. The number of nitrogens with one attached hydrogen (secondary N) is 2. The third-order valence-electron chi connectivity index (χ3n) is 2.10. The second-order valence-electron chi connectivity index (χ2n) is 3.31. The van der Waals surface area contributed by atoms with Crippen molar-refractivity contribution in [2.24, 2.45) is 5.84 Å². The molecule has 0 spiro atoms. The fourth-order valence-corrected chi connectivity index (χ4v) is 2.46. The van der Waals surface area contributed by atoms with Gasteiger partial charge in [-0.15, -0.1) is 0 Å². The minimum atomic E-state index is -3.77.